The van der Waals surface area contributed by atoms with Crippen molar-refractivity contribution < 1.29 is 19.1 Å². The smallest absolute Gasteiger partial charge is 0.306 e. The Bertz CT molecular complexity index is 626. The number of halogens is 1. The molecule has 1 aliphatic heterocycles. The third-order valence-corrected chi connectivity index (χ3v) is 5.30. The number of benzene rings is 1. The minimum Gasteiger partial charge on any atom is -0.481 e. The van der Waals surface area contributed by atoms with Crippen molar-refractivity contribution in [3.63, 3.8) is 0 Å². The molecule has 2 aliphatic rings. The van der Waals surface area contributed by atoms with Gasteiger partial charge in [0.25, 0.3) is 0 Å². The summed E-state index contributed by atoms with van der Waals surface area (Å²) in [5.41, 5.74) is 0.115. The molecule has 3 rings (SSSR count). The average molecular weight is 319 g/mol. The second-order valence-corrected chi connectivity index (χ2v) is 7.01. The molecule has 1 aromatic rings. The summed E-state index contributed by atoms with van der Waals surface area (Å²) in [5.74, 6) is -1.40. The highest BCUT2D eigenvalue weighted by Crippen LogP contribution is 2.50. The first-order valence-electron chi connectivity index (χ1n) is 8.18. The maximum absolute atomic E-state index is 13.9. The maximum atomic E-state index is 13.9. The van der Waals surface area contributed by atoms with Crippen LogP contribution in [0.5, 0.6) is 0 Å². The Hall–Kier alpha value is -1.91. The van der Waals surface area contributed by atoms with Gasteiger partial charge in [0.15, 0.2) is 0 Å². The molecule has 23 heavy (non-hydrogen) atoms. The quantitative estimate of drug-likeness (QED) is 0.928. The van der Waals surface area contributed by atoms with E-state index in [1.54, 1.807) is 23.1 Å². The largest absolute Gasteiger partial charge is 0.481 e. The van der Waals surface area contributed by atoms with Crippen LogP contribution in [0, 0.1) is 23.1 Å². The van der Waals surface area contributed by atoms with E-state index >= 15 is 0 Å². The lowest BCUT2D eigenvalue weighted by molar-refractivity contribution is -0.150. The molecule has 4 nitrogen and oxygen atoms in total. The van der Waals surface area contributed by atoms with Crippen molar-refractivity contribution in [1.29, 1.82) is 0 Å². The van der Waals surface area contributed by atoms with Gasteiger partial charge >= 0.3 is 5.97 Å². The predicted octanol–water partition coefficient (Wildman–Crippen LogP) is 2.72. The third-order valence-electron chi connectivity index (χ3n) is 5.30. The summed E-state index contributed by atoms with van der Waals surface area (Å²) in [4.78, 5) is 25.8. The number of rotatable bonds is 4. The molecule has 1 heterocycles. The number of amides is 1. The van der Waals surface area contributed by atoms with Crippen molar-refractivity contribution in [3.05, 3.63) is 35.6 Å². The van der Waals surface area contributed by atoms with Crippen LogP contribution in [0.2, 0.25) is 0 Å². The Morgan fingerprint density at radius 2 is 2.04 bits per heavy atom. The number of piperidine rings is 1. The number of carboxylic acids is 1. The highest BCUT2D eigenvalue weighted by Gasteiger charge is 2.52. The first-order chi connectivity index (χ1) is 10.9. The zero-order valence-electron chi connectivity index (χ0n) is 13.3. The van der Waals surface area contributed by atoms with Crippen molar-refractivity contribution in [1.82, 2.24) is 4.90 Å². The van der Waals surface area contributed by atoms with Crippen molar-refractivity contribution in [2.45, 2.75) is 32.6 Å². The lowest BCUT2D eigenvalue weighted by Gasteiger charge is -2.37. The van der Waals surface area contributed by atoms with E-state index in [0.717, 1.165) is 12.8 Å². The summed E-state index contributed by atoms with van der Waals surface area (Å²) in [6, 6.07) is 6.61. The second-order valence-electron chi connectivity index (χ2n) is 7.01. The van der Waals surface area contributed by atoms with Crippen LogP contribution in [0.4, 0.5) is 4.39 Å². The summed E-state index contributed by atoms with van der Waals surface area (Å²) >= 11 is 0. The van der Waals surface area contributed by atoms with Crippen molar-refractivity contribution >= 4 is 11.9 Å². The molecule has 1 amide bonds. The van der Waals surface area contributed by atoms with E-state index in [1.807, 2.05) is 6.92 Å². The first-order valence-corrected chi connectivity index (χ1v) is 8.18. The monoisotopic (exact) mass is 319 g/mol. The van der Waals surface area contributed by atoms with Gasteiger partial charge in [-0.1, -0.05) is 25.1 Å². The van der Waals surface area contributed by atoms with Crippen LogP contribution in [-0.2, 0) is 16.0 Å². The van der Waals surface area contributed by atoms with Crippen molar-refractivity contribution in [2.24, 2.45) is 17.3 Å². The van der Waals surface area contributed by atoms with Gasteiger partial charge in [-0.15, -0.1) is 0 Å². The Morgan fingerprint density at radius 3 is 2.61 bits per heavy atom. The van der Waals surface area contributed by atoms with E-state index in [0.29, 0.717) is 31.5 Å². The number of likely N-dealkylation sites (tertiary alicyclic amines) is 1. The molecule has 5 heteroatoms. The van der Waals surface area contributed by atoms with Gasteiger partial charge in [-0.2, -0.15) is 0 Å². The van der Waals surface area contributed by atoms with E-state index < -0.39 is 11.4 Å². The molecule has 1 aromatic carbocycles. The fourth-order valence-electron chi connectivity index (χ4n) is 3.66. The summed E-state index contributed by atoms with van der Waals surface area (Å²) in [7, 11) is 0. The lowest BCUT2D eigenvalue weighted by atomic mass is 9.85. The highest BCUT2D eigenvalue weighted by molar-refractivity contribution is 5.86. The fraction of sp³-hybridized carbons (Fsp3) is 0.556. The van der Waals surface area contributed by atoms with E-state index in [4.69, 9.17) is 0 Å². The highest BCUT2D eigenvalue weighted by atomic mass is 19.1. The summed E-state index contributed by atoms with van der Waals surface area (Å²) in [6.45, 7) is 2.85. The molecule has 2 atom stereocenters. The molecule has 124 valence electrons. The Morgan fingerprint density at radius 1 is 1.35 bits per heavy atom. The van der Waals surface area contributed by atoms with Crippen LogP contribution >= 0.6 is 0 Å². The van der Waals surface area contributed by atoms with Gasteiger partial charge < -0.3 is 10.0 Å². The lowest BCUT2D eigenvalue weighted by Crippen LogP contribution is -2.48. The van der Waals surface area contributed by atoms with Gasteiger partial charge in [-0.3, -0.25) is 9.59 Å². The zero-order valence-corrected chi connectivity index (χ0v) is 13.3. The fourth-order valence-corrected chi connectivity index (χ4v) is 3.66. The van der Waals surface area contributed by atoms with Gasteiger partial charge in [0, 0.05) is 13.1 Å². The molecule has 0 bridgehead atoms. The molecule has 0 aromatic heterocycles. The molecule has 2 fully saturated rings. The SMILES string of the molecule is CC1CN(C(=O)C2(Cc3ccccc3F)CC2)CCC1C(=O)O. The molecule has 0 radical (unpaired) electrons. The predicted molar refractivity (Wildman–Crippen MR) is 83.3 cm³/mol. The number of carbonyl (C=O) groups is 2. The molecule has 1 aliphatic carbocycles. The topological polar surface area (TPSA) is 57.6 Å². The van der Waals surface area contributed by atoms with Crippen LogP contribution in [0.3, 0.4) is 0 Å². The number of aliphatic carboxylic acids is 1. The molecule has 0 spiro atoms. The van der Waals surface area contributed by atoms with Gasteiger partial charge in [0.05, 0.1) is 11.3 Å². The molecule has 1 saturated heterocycles. The number of carboxylic acid groups (broad SMARTS) is 1. The third kappa shape index (κ3) is 3.09. The Balaban J connectivity index is 1.69. The molecule has 1 saturated carbocycles. The Labute approximate surface area is 135 Å². The van der Waals surface area contributed by atoms with Gasteiger partial charge in [-0.25, -0.2) is 4.39 Å². The normalized spacial score (nSPS) is 25.9. The molecule has 2 unspecified atom stereocenters. The van der Waals surface area contributed by atoms with Crippen LogP contribution in [0.1, 0.15) is 31.7 Å². The number of carbonyl (C=O) groups excluding carboxylic acids is 1. The van der Waals surface area contributed by atoms with Crippen LogP contribution in [0.15, 0.2) is 24.3 Å². The molecule has 1 N–H and O–H groups in total. The van der Waals surface area contributed by atoms with Crippen LogP contribution < -0.4 is 0 Å². The number of hydrogen-bond acceptors (Lipinski definition) is 2. The van der Waals surface area contributed by atoms with Gasteiger partial charge in [0.1, 0.15) is 5.82 Å². The number of hydrogen-bond donors (Lipinski definition) is 1. The van der Waals surface area contributed by atoms with E-state index in [-0.39, 0.29) is 23.6 Å². The second kappa shape index (κ2) is 5.95. The first kappa shape index (κ1) is 16.0. The van der Waals surface area contributed by atoms with Crippen LogP contribution in [-0.4, -0.2) is 35.0 Å². The molecular formula is C18H22FNO3. The molecular weight excluding hydrogens is 297 g/mol. The summed E-state index contributed by atoms with van der Waals surface area (Å²) in [6.07, 6.45) is 2.50. The van der Waals surface area contributed by atoms with Crippen molar-refractivity contribution in [2.75, 3.05) is 13.1 Å². The Kier molecular flexibility index (Phi) is 4.13. The maximum Gasteiger partial charge on any atom is 0.306 e. The van der Waals surface area contributed by atoms with E-state index in [9.17, 15) is 19.1 Å². The summed E-state index contributed by atoms with van der Waals surface area (Å²) in [5, 5.41) is 9.19. The van der Waals surface area contributed by atoms with Gasteiger partial charge in [-0.05, 0) is 43.2 Å². The van der Waals surface area contributed by atoms with E-state index in [1.165, 1.54) is 6.07 Å². The minimum atomic E-state index is -0.780. The van der Waals surface area contributed by atoms with E-state index in [2.05, 4.69) is 0 Å². The standard InChI is InChI=1S/C18H22FNO3/c1-12-11-20(9-6-14(12)16(21)22)17(23)18(7-8-18)10-13-4-2-3-5-15(13)19/h2-5,12,14H,6-11H2,1H3,(H,21,22). The van der Waals surface area contributed by atoms with Gasteiger partial charge in [0.2, 0.25) is 5.91 Å². The van der Waals surface area contributed by atoms with Crippen LogP contribution in [0.25, 0.3) is 0 Å². The summed E-state index contributed by atoms with van der Waals surface area (Å²) < 4.78 is 13.9. The number of nitrogens with zero attached hydrogens (tertiary/aromatic N) is 1. The average Bonchev–Trinajstić information content (AvgIpc) is 3.29. The van der Waals surface area contributed by atoms with Crippen molar-refractivity contribution in [3.8, 4) is 0 Å². The minimum absolute atomic E-state index is 0.0468. The zero-order chi connectivity index (χ0) is 16.6.